The van der Waals surface area contributed by atoms with Crippen molar-refractivity contribution in [1.29, 1.82) is 0 Å². The summed E-state index contributed by atoms with van der Waals surface area (Å²) >= 11 is 0. The third kappa shape index (κ3) is 4.36. The van der Waals surface area contributed by atoms with Gasteiger partial charge < -0.3 is 16.4 Å². The minimum atomic E-state index is -0.432. The number of hydrogen-bond donors (Lipinski definition) is 3. The second-order valence-electron chi connectivity index (χ2n) is 4.02. The van der Waals surface area contributed by atoms with E-state index in [2.05, 4.69) is 20.6 Å². The van der Waals surface area contributed by atoms with Gasteiger partial charge in [-0.2, -0.15) is 0 Å². The molecule has 0 aromatic carbocycles. The van der Waals surface area contributed by atoms with Crippen molar-refractivity contribution in [2.75, 3.05) is 12.3 Å². The Kier molecular flexibility index (Phi) is 5.04. The molecule has 7 heteroatoms. The van der Waals surface area contributed by atoms with Crippen molar-refractivity contribution in [2.45, 2.75) is 26.3 Å². The molecule has 1 aromatic rings. The van der Waals surface area contributed by atoms with Crippen LogP contribution in [0.25, 0.3) is 0 Å². The van der Waals surface area contributed by atoms with Gasteiger partial charge in [0.15, 0.2) is 11.5 Å². The number of nitrogens with zero attached hydrogens (tertiary/aromatic N) is 2. The highest BCUT2D eigenvalue weighted by atomic mass is 16.2. The minimum absolute atomic E-state index is 0.0710. The Labute approximate surface area is 105 Å². The van der Waals surface area contributed by atoms with Gasteiger partial charge in [0.25, 0.3) is 5.91 Å². The number of carbonyl (C=O) groups excluding carboxylic acids is 2. The first-order valence-electron chi connectivity index (χ1n) is 5.64. The lowest BCUT2D eigenvalue weighted by Crippen LogP contribution is -2.34. The van der Waals surface area contributed by atoms with Crippen LogP contribution in [0.2, 0.25) is 0 Å². The van der Waals surface area contributed by atoms with Crippen molar-refractivity contribution in [3.05, 3.63) is 18.1 Å². The van der Waals surface area contributed by atoms with Gasteiger partial charge in [0.2, 0.25) is 5.91 Å². The fraction of sp³-hybridized carbons (Fsp3) is 0.455. The summed E-state index contributed by atoms with van der Waals surface area (Å²) in [6, 6.07) is 0.0869. The maximum atomic E-state index is 11.6. The molecule has 0 aliphatic carbocycles. The number of carbonyl (C=O) groups is 2. The Morgan fingerprint density at radius 1 is 1.33 bits per heavy atom. The summed E-state index contributed by atoms with van der Waals surface area (Å²) < 4.78 is 0. The van der Waals surface area contributed by atoms with Gasteiger partial charge in [-0.1, -0.05) is 0 Å². The Hall–Kier alpha value is -2.18. The molecule has 2 amide bonds. The number of anilines is 1. The zero-order chi connectivity index (χ0) is 13.5. The van der Waals surface area contributed by atoms with Crippen LogP contribution in [0.5, 0.6) is 0 Å². The van der Waals surface area contributed by atoms with Gasteiger partial charge in [-0.05, 0) is 13.8 Å². The number of nitrogens with one attached hydrogen (secondary N) is 2. The van der Waals surface area contributed by atoms with Crippen LogP contribution in [0.1, 0.15) is 30.8 Å². The number of rotatable bonds is 5. The molecule has 98 valence electrons. The van der Waals surface area contributed by atoms with Crippen molar-refractivity contribution < 1.29 is 9.59 Å². The highest BCUT2D eigenvalue weighted by molar-refractivity contribution is 5.96. The van der Waals surface area contributed by atoms with Crippen LogP contribution < -0.4 is 16.4 Å². The summed E-state index contributed by atoms with van der Waals surface area (Å²) in [6.45, 7) is 3.97. The van der Waals surface area contributed by atoms with Crippen LogP contribution in [0.15, 0.2) is 12.4 Å². The SMILES string of the molecule is CC(C)NC(=O)CCNC(=O)c1nccnc1N. The van der Waals surface area contributed by atoms with E-state index in [1.165, 1.54) is 12.4 Å². The van der Waals surface area contributed by atoms with Crippen molar-refractivity contribution >= 4 is 17.6 Å². The molecule has 0 radical (unpaired) electrons. The fourth-order valence-corrected chi connectivity index (χ4v) is 1.29. The fourth-order valence-electron chi connectivity index (χ4n) is 1.29. The number of amides is 2. The third-order valence-electron chi connectivity index (χ3n) is 2.03. The number of nitrogens with two attached hydrogens (primary N) is 1. The number of nitrogen functional groups attached to an aromatic ring is 1. The van der Waals surface area contributed by atoms with Crippen LogP contribution in [0.3, 0.4) is 0 Å². The third-order valence-corrected chi connectivity index (χ3v) is 2.03. The molecule has 0 bridgehead atoms. The molecular weight excluding hydrogens is 234 g/mol. The molecule has 0 aliphatic heterocycles. The Balaban J connectivity index is 2.39. The van der Waals surface area contributed by atoms with Gasteiger partial charge in [-0.15, -0.1) is 0 Å². The van der Waals surface area contributed by atoms with E-state index in [1.54, 1.807) is 0 Å². The molecule has 0 saturated heterocycles. The normalized spacial score (nSPS) is 10.2. The number of hydrogen-bond acceptors (Lipinski definition) is 5. The zero-order valence-corrected chi connectivity index (χ0v) is 10.4. The summed E-state index contributed by atoms with van der Waals surface area (Å²) in [5.74, 6) is -0.475. The maximum Gasteiger partial charge on any atom is 0.273 e. The predicted molar refractivity (Wildman–Crippen MR) is 66.7 cm³/mol. The van der Waals surface area contributed by atoms with E-state index in [1.807, 2.05) is 13.8 Å². The molecule has 1 heterocycles. The Morgan fingerprint density at radius 2 is 2.00 bits per heavy atom. The number of aromatic nitrogens is 2. The van der Waals surface area contributed by atoms with E-state index < -0.39 is 5.91 Å². The lowest BCUT2D eigenvalue weighted by atomic mass is 10.3. The van der Waals surface area contributed by atoms with Gasteiger partial charge >= 0.3 is 0 Å². The van der Waals surface area contributed by atoms with Gasteiger partial charge in [0.05, 0.1) is 0 Å². The van der Waals surface area contributed by atoms with Crippen LogP contribution in [0, 0.1) is 0 Å². The van der Waals surface area contributed by atoms with Crippen LogP contribution >= 0.6 is 0 Å². The van der Waals surface area contributed by atoms with Gasteiger partial charge in [0, 0.05) is 31.4 Å². The average molecular weight is 251 g/mol. The van der Waals surface area contributed by atoms with Crippen LogP contribution in [-0.4, -0.2) is 34.4 Å². The second kappa shape index (κ2) is 6.53. The van der Waals surface area contributed by atoms with Crippen LogP contribution in [-0.2, 0) is 4.79 Å². The van der Waals surface area contributed by atoms with Crippen molar-refractivity contribution in [3.63, 3.8) is 0 Å². The molecule has 0 fully saturated rings. The monoisotopic (exact) mass is 251 g/mol. The molecule has 18 heavy (non-hydrogen) atoms. The van der Waals surface area contributed by atoms with Crippen molar-refractivity contribution in [2.24, 2.45) is 0 Å². The van der Waals surface area contributed by atoms with E-state index in [-0.39, 0.29) is 36.4 Å². The van der Waals surface area contributed by atoms with E-state index in [0.717, 1.165) is 0 Å². The highest BCUT2D eigenvalue weighted by Crippen LogP contribution is 2.01. The standard InChI is InChI=1S/C11H17N5O2/c1-7(2)16-8(17)3-4-15-11(18)9-10(12)14-6-5-13-9/h5-7H,3-4H2,1-2H3,(H2,12,14)(H,15,18)(H,16,17). The summed E-state index contributed by atoms with van der Waals surface area (Å²) in [7, 11) is 0. The first kappa shape index (κ1) is 13.9. The lowest BCUT2D eigenvalue weighted by molar-refractivity contribution is -0.121. The Morgan fingerprint density at radius 3 is 2.61 bits per heavy atom. The molecule has 0 unspecified atom stereocenters. The van der Waals surface area contributed by atoms with Crippen LogP contribution in [0.4, 0.5) is 5.82 Å². The zero-order valence-electron chi connectivity index (χ0n) is 10.4. The van der Waals surface area contributed by atoms with Crippen molar-refractivity contribution in [3.8, 4) is 0 Å². The molecule has 0 atom stereocenters. The largest absolute Gasteiger partial charge is 0.382 e. The van der Waals surface area contributed by atoms with E-state index >= 15 is 0 Å². The highest BCUT2D eigenvalue weighted by Gasteiger charge is 2.11. The first-order valence-corrected chi connectivity index (χ1v) is 5.64. The summed E-state index contributed by atoms with van der Waals surface area (Å²) in [4.78, 5) is 30.5. The molecular formula is C11H17N5O2. The molecule has 1 rings (SSSR count). The van der Waals surface area contributed by atoms with E-state index in [0.29, 0.717) is 0 Å². The molecule has 0 saturated carbocycles. The maximum absolute atomic E-state index is 11.6. The Bertz CT molecular complexity index is 433. The molecule has 1 aromatic heterocycles. The molecule has 0 aliphatic rings. The molecule has 7 nitrogen and oxygen atoms in total. The minimum Gasteiger partial charge on any atom is -0.382 e. The summed E-state index contributed by atoms with van der Waals surface area (Å²) in [6.07, 6.45) is 3.00. The van der Waals surface area contributed by atoms with Crippen molar-refractivity contribution in [1.82, 2.24) is 20.6 Å². The first-order chi connectivity index (χ1) is 8.50. The van der Waals surface area contributed by atoms with Gasteiger partial charge in [-0.3, -0.25) is 9.59 Å². The topological polar surface area (TPSA) is 110 Å². The lowest BCUT2D eigenvalue weighted by Gasteiger charge is -2.09. The smallest absolute Gasteiger partial charge is 0.273 e. The summed E-state index contributed by atoms with van der Waals surface area (Å²) in [5, 5.41) is 5.29. The molecule has 0 spiro atoms. The van der Waals surface area contributed by atoms with E-state index in [4.69, 9.17) is 5.73 Å². The van der Waals surface area contributed by atoms with Gasteiger partial charge in [-0.25, -0.2) is 9.97 Å². The quantitative estimate of drug-likeness (QED) is 0.665. The summed E-state index contributed by atoms with van der Waals surface area (Å²) in [5.41, 5.74) is 5.58. The van der Waals surface area contributed by atoms with E-state index in [9.17, 15) is 9.59 Å². The average Bonchev–Trinajstić information content (AvgIpc) is 2.28. The van der Waals surface area contributed by atoms with Gasteiger partial charge in [0.1, 0.15) is 0 Å². The molecule has 4 N–H and O–H groups in total. The second-order valence-corrected chi connectivity index (χ2v) is 4.02. The predicted octanol–water partition coefficient (Wildman–Crippen LogP) is -0.297.